The predicted octanol–water partition coefficient (Wildman–Crippen LogP) is 5.35. The molecule has 0 unspecified atom stereocenters. The summed E-state index contributed by atoms with van der Waals surface area (Å²) in [5.41, 5.74) is 5.98. The minimum Gasteiger partial charge on any atom is -0.339 e. The normalized spacial score (nSPS) is 10.4. The number of carbonyl (C=O) groups excluding carboxylic acids is 1. The fraction of sp³-hybridized carbons (Fsp3) is 0.364. The second-order valence-corrected chi connectivity index (χ2v) is 6.06. The van der Waals surface area contributed by atoms with Crippen molar-refractivity contribution in [2.45, 2.75) is 41.5 Å². The first-order chi connectivity index (χ1) is 12.5. The smallest absolute Gasteiger partial charge is 0.253 e. The van der Waals surface area contributed by atoms with E-state index in [0.29, 0.717) is 18.7 Å². The van der Waals surface area contributed by atoms with Gasteiger partial charge in [0.1, 0.15) is 5.82 Å². The van der Waals surface area contributed by atoms with Crippen LogP contribution in [0.25, 0.3) is 22.4 Å². The number of hydrogen-bond acceptors (Lipinski definition) is 2. The highest BCUT2D eigenvalue weighted by atomic mass is 16.2. The zero-order valence-electron chi connectivity index (χ0n) is 16.7. The molecule has 1 heterocycles. The van der Waals surface area contributed by atoms with Crippen molar-refractivity contribution in [3.8, 4) is 11.4 Å². The van der Waals surface area contributed by atoms with Crippen molar-refractivity contribution in [2.75, 3.05) is 13.1 Å². The van der Waals surface area contributed by atoms with Crippen LogP contribution in [0.15, 0.2) is 36.4 Å². The Morgan fingerprint density at radius 1 is 1.04 bits per heavy atom. The summed E-state index contributed by atoms with van der Waals surface area (Å²) in [6.45, 7) is 13.6. The molecule has 138 valence electrons. The molecule has 1 aromatic heterocycles. The number of nitrogens with zero attached hydrogens (tertiary/aromatic N) is 2. The number of aromatic nitrogens is 2. The highest BCUT2D eigenvalue weighted by Gasteiger charge is 2.15. The largest absolute Gasteiger partial charge is 0.339 e. The number of nitrogens with one attached hydrogen (secondary N) is 1. The van der Waals surface area contributed by atoms with Crippen molar-refractivity contribution < 1.29 is 4.79 Å². The molecule has 0 aliphatic rings. The molecule has 26 heavy (non-hydrogen) atoms. The van der Waals surface area contributed by atoms with Crippen LogP contribution in [0.2, 0.25) is 0 Å². The summed E-state index contributed by atoms with van der Waals surface area (Å²) < 4.78 is 0. The second kappa shape index (κ2) is 8.65. The van der Waals surface area contributed by atoms with Crippen molar-refractivity contribution >= 4 is 16.9 Å². The van der Waals surface area contributed by atoms with Crippen LogP contribution < -0.4 is 0 Å². The fourth-order valence-electron chi connectivity index (χ4n) is 3.14. The monoisotopic (exact) mass is 351 g/mol. The van der Waals surface area contributed by atoms with Crippen LogP contribution in [0.4, 0.5) is 0 Å². The maximum atomic E-state index is 12.5. The van der Waals surface area contributed by atoms with E-state index in [1.54, 1.807) is 0 Å². The van der Waals surface area contributed by atoms with Crippen LogP contribution in [0.3, 0.4) is 0 Å². The molecular weight excluding hydrogens is 322 g/mol. The number of H-pyrrole nitrogens is 1. The third-order valence-corrected chi connectivity index (χ3v) is 4.50. The van der Waals surface area contributed by atoms with Crippen LogP contribution in [0.5, 0.6) is 0 Å². The molecule has 0 saturated carbocycles. The van der Waals surface area contributed by atoms with Crippen molar-refractivity contribution in [1.82, 2.24) is 14.9 Å². The lowest BCUT2D eigenvalue weighted by molar-refractivity contribution is 0.0773. The van der Waals surface area contributed by atoms with Gasteiger partial charge in [-0.1, -0.05) is 32.0 Å². The van der Waals surface area contributed by atoms with Gasteiger partial charge in [-0.15, -0.1) is 0 Å². The first-order valence-electron chi connectivity index (χ1n) is 9.40. The molecule has 3 rings (SSSR count). The molecule has 4 heteroatoms. The Balaban J connectivity index is 0.00000117. The number of aryl methyl sites for hydroxylation is 2. The lowest BCUT2D eigenvalue weighted by atomic mass is 10.0. The average Bonchev–Trinajstić information content (AvgIpc) is 3.06. The van der Waals surface area contributed by atoms with Gasteiger partial charge in [0.25, 0.3) is 5.91 Å². The molecule has 3 aromatic rings. The average molecular weight is 351 g/mol. The van der Waals surface area contributed by atoms with E-state index in [0.717, 1.165) is 22.4 Å². The number of rotatable bonds is 4. The topological polar surface area (TPSA) is 49.0 Å². The molecule has 0 fully saturated rings. The molecule has 0 saturated heterocycles. The molecule has 0 aliphatic carbocycles. The number of carbonyl (C=O) groups is 1. The van der Waals surface area contributed by atoms with Gasteiger partial charge >= 0.3 is 0 Å². The number of aromatic amines is 1. The summed E-state index contributed by atoms with van der Waals surface area (Å²) in [5, 5.41) is 0. The van der Waals surface area contributed by atoms with Gasteiger partial charge in [-0.2, -0.15) is 0 Å². The first kappa shape index (κ1) is 19.7. The predicted molar refractivity (Wildman–Crippen MR) is 110 cm³/mol. The van der Waals surface area contributed by atoms with Gasteiger partial charge < -0.3 is 9.88 Å². The summed E-state index contributed by atoms with van der Waals surface area (Å²) >= 11 is 0. The van der Waals surface area contributed by atoms with E-state index in [-0.39, 0.29) is 5.91 Å². The van der Waals surface area contributed by atoms with E-state index in [1.165, 1.54) is 11.1 Å². The van der Waals surface area contributed by atoms with Gasteiger partial charge in [0.2, 0.25) is 0 Å². The number of imidazole rings is 1. The van der Waals surface area contributed by atoms with E-state index < -0.39 is 0 Å². The third kappa shape index (κ3) is 3.79. The molecule has 0 aliphatic heterocycles. The Kier molecular flexibility index (Phi) is 6.56. The van der Waals surface area contributed by atoms with Crippen LogP contribution in [0.1, 0.15) is 49.2 Å². The van der Waals surface area contributed by atoms with Crippen LogP contribution in [0, 0.1) is 13.8 Å². The number of benzene rings is 2. The summed E-state index contributed by atoms with van der Waals surface area (Å²) in [7, 11) is 0. The minimum atomic E-state index is 0.0603. The van der Waals surface area contributed by atoms with Crippen molar-refractivity contribution in [3.05, 3.63) is 53.1 Å². The number of fused-ring (bicyclic) bond motifs is 1. The summed E-state index contributed by atoms with van der Waals surface area (Å²) in [6.07, 6.45) is 0. The number of amides is 1. The van der Waals surface area contributed by atoms with Crippen molar-refractivity contribution in [1.29, 1.82) is 0 Å². The molecule has 0 spiro atoms. The van der Waals surface area contributed by atoms with Gasteiger partial charge in [0.15, 0.2) is 0 Å². The van der Waals surface area contributed by atoms with Gasteiger partial charge in [-0.05, 0) is 57.0 Å². The summed E-state index contributed by atoms with van der Waals surface area (Å²) in [6, 6.07) is 11.9. The minimum absolute atomic E-state index is 0.0603. The lowest BCUT2D eigenvalue weighted by Gasteiger charge is -2.18. The van der Waals surface area contributed by atoms with Crippen LogP contribution in [-0.4, -0.2) is 33.9 Å². The highest BCUT2D eigenvalue weighted by Crippen LogP contribution is 2.27. The molecule has 0 atom stereocenters. The lowest BCUT2D eigenvalue weighted by Crippen LogP contribution is -2.30. The Morgan fingerprint density at radius 3 is 2.23 bits per heavy atom. The quantitative estimate of drug-likeness (QED) is 0.688. The maximum Gasteiger partial charge on any atom is 0.253 e. The van der Waals surface area contributed by atoms with Crippen molar-refractivity contribution in [3.63, 3.8) is 0 Å². The standard InChI is InChI=1S/C20H23N3O.C2H6/c1-5-23(6-2)20(24)15-10-11-16-17(12-15)22-19(21-16)18-13(3)8-7-9-14(18)4;1-2/h7-12H,5-6H2,1-4H3,(H,21,22);1-2H3. The molecule has 2 aromatic carbocycles. The summed E-state index contributed by atoms with van der Waals surface area (Å²) in [5.74, 6) is 0.915. The second-order valence-electron chi connectivity index (χ2n) is 6.06. The SMILES string of the molecule is CC.CCN(CC)C(=O)c1ccc2nc(-c3c(C)cccc3C)[nH]c2c1. The van der Waals surface area contributed by atoms with E-state index in [2.05, 4.69) is 37.0 Å². The van der Waals surface area contributed by atoms with Gasteiger partial charge in [0, 0.05) is 24.2 Å². The molecule has 4 nitrogen and oxygen atoms in total. The highest BCUT2D eigenvalue weighted by molar-refractivity contribution is 5.97. The first-order valence-corrected chi connectivity index (χ1v) is 9.40. The van der Waals surface area contributed by atoms with Gasteiger partial charge in [-0.3, -0.25) is 4.79 Å². The van der Waals surface area contributed by atoms with E-state index in [4.69, 9.17) is 4.98 Å². The van der Waals surface area contributed by atoms with Crippen molar-refractivity contribution in [2.24, 2.45) is 0 Å². The molecule has 0 bridgehead atoms. The molecular formula is C22H29N3O. The molecule has 0 radical (unpaired) electrons. The maximum absolute atomic E-state index is 12.5. The fourth-order valence-corrected chi connectivity index (χ4v) is 3.14. The van der Waals surface area contributed by atoms with E-state index >= 15 is 0 Å². The van der Waals surface area contributed by atoms with E-state index in [9.17, 15) is 4.79 Å². The molecule has 1 N–H and O–H groups in total. The zero-order valence-corrected chi connectivity index (χ0v) is 16.7. The van der Waals surface area contributed by atoms with E-state index in [1.807, 2.05) is 50.8 Å². The van der Waals surface area contributed by atoms with Crippen LogP contribution >= 0.6 is 0 Å². The van der Waals surface area contributed by atoms with Gasteiger partial charge in [-0.25, -0.2) is 4.98 Å². The Labute approximate surface area is 156 Å². The van der Waals surface area contributed by atoms with Gasteiger partial charge in [0.05, 0.1) is 11.0 Å². The molecule has 1 amide bonds. The summed E-state index contributed by atoms with van der Waals surface area (Å²) in [4.78, 5) is 22.4. The van der Waals surface area contributed by atoms with Crippen LogP contribution in [-0.2, 0) is 0 Å². The number of hydrogen-bond donors (Lipinski definition) is 1. The third-order valence-electron chi connectivity index (χ3n) is 4.50. The Morgan fingerprint density at radius 2 is 1.65 bits per heavy atom. The Hall–Kier alpha value is -2.62. The Bertz CT molecular complexity index is 871. The zero-order chi connectivity index (χ0) is 19.3.